The van der Waals surface area contributed by atoms with Gasteiger partial charge in [0.2, 0.25) is 5.91 Å². The number of rotatable bonds is 3. The van der Waals surface area contributed by atoms with Gasteiger partial charge in [-0.15, -0.1) is 0 Å². The topological polar surface area (TPSA) is 40.5 Å². The molecule has 1 N–H and O–H groups in total. The molecule has 0 radical (unpaired) electrons. The second kappa shape index (κ2) is 4.97. The lowest BCUT2D eigenvalue weighted by Gasteiger charge is -2.36. The molecule has 1 heterocycles. The third-order valence-electron chi connectivity index (χ3n) is 3.62. The molecule has 1 aliphatic rings. The average Bonchev–Trinajstić information content (AvgIpc) is 2.28. The summed E-state index contributed by atoms with van der Waals surface area (Å²) < 4.78 is 0. The lowest BCUT2D eigenvalue weighted by Crippen LogP contribution is -2.45. The summed E-state index contributed by atoms with van der Waals surface area (Å²) in [6, 6.07) is 0. The molecule has 0 unspecified atom stereocenters. The van der Waals surface area contributed by atoms with Crippen LogP contribution in [0, 0.1) is 11.3 Å². The highest BCUT2D eigenvalue weighted by atomic mass is 16.3. The Balaban J connectivity index is 2.50. The molecule has 0 bridgehead atoms. The van der Waals surface area contributed by atoms with Crippen molar-refractivity contribution in [3.8, 4) is 0 Å². The summed E-state index contributed by atoms with van der Waals surface area (Å²) in [6.45, 7) is 7.96. The van der Waals surface area contributed by atoms with Crippen molar-refractivity contribution in [2.24, 2.45) is 11.3 Å². The van der Waals surface area contributed by atoms with E-state index >= 15 is 0 Å². The Morgan fingerprint density at radius 3 is 2.33 bits per heavy atom. The second-order valence-electron chi connectivity index (χ2n) is 5.16. The Hall–Kier alpha value is -0.570. The maximum absolute atomic E-state index is 12.1. The lowest BCUT2D eigenvalue weighted by atomic mass is 9.87. The summed E-state index contributed by atoms with van der Waals surface area (Å²) >= 11 is 0. The Labute approximate surface area is 92.5 Å². The van der Waals surface area contributed by atoms with E-state index in [-0.39, 0.29) is 17.9 Å². The van der Waals surface area contributed by atoms with Crippen LogP contribution in [0.3, 0.4) is 0 Å². The molecule has 0 aliphatic carbocycles. The first kappa shape index (κ1) is 12.5. The van der Waals surface area contributed by atoms with E-state index in [1.165, 1.54) is 0 Å². The summed E-state index contributed by atoms with van der Waals surface area (Å²) in [5.41, 5.74) is -0.230. The molecule has 0 spiro atoms. The molecule has 88 valence electrons. The van der Waals surface area contributed by atoms with Gasteiger partial charge in [-0.1, -0.05) is 20.8 Å². The molecule has 0 aromatic carbocycles. The van der Waals surface area contributed by atoms with Crippen LogP contribution in [0.1, 0.15) is 40.0 Å². The quantitative estimate of drug-likeness (QED) is 0.774. The highest BCUT2D eigenvalue weighted by Crippen LogP contribution is 2.26. The largest absolute Gasteiger partial charge is 0.396 e. The van der Waals surface area contributed by atoms with Crippen molar-refractivity contribution in [2.75, 3.05) is 19.7 Å². The molecule has 1 amide bonds. The highest BCUT2D eigenvalue weighted by molar-refractivity contribution is 5.81. The van der Waals surface area contributed by atoms with Crippen LogP contribution in [0.2, 0.25) is 0 Å². The van der Waals surface area contributed by atoms with Gasteiger partial charge < -0.3 is 10.0 Å². The van der Waals surface area contributed by atoms with Crippen LogP contribution in [-0.4, -0.2) is 35.6 Å². The monoisotopic (exact) mass is 213 g/mol. The van der Waals surface area contributed by atoms with Crippen molar-refractivity contribution in [1.82, 2.24) is 4.90 Å². The fourth-order valence-corrected chi connectivity index (χ4v) is 1.90. The number of carbonyl (C=O) groups excluding carboxylic acids is 1. The number of amides is 1. The molecule has 0 atom stereocenters. The number of hydrogen-bond acceptors (Lipinski definition) is 2. The molecule has 3 heteroatoms. The van der Waals surface area contributed by atoms with E-state index in [2.05, 4.69) is 6.92 Å². The second-order valence-corrected chi connectivity index (χ2v) is 5.16. The van der Waals surface area contributed by atoms with Crippen molar-refractivity contribution in [3.63, 3.8) is 0 Å². The van der Waals surface area contributed by atoms with E-state index in [9.17, 15) is 4.79 Å². The van der Waals surface area contributed by atoms with E-state index in [1.54, 1.807) is 0 Å². The average molecular weight is 213 g/mol. The van der Waals surface area contributed by atoms with Gasteiger partial charge >= 0.3 is 0 Å². The van der Waals surface area contributed by atoms with E-state index in [0.29, 0.717) is 5.92 Å². The minimum atomic E-state index is -0.230. The van der Waals surface area contributed by atoms with Crippen molar-refractivity contribution < 1.29 is 9.90 Å². The smallest absolute Gasteiger partial charge is 0.228 e. The third kappa shape index (κ3) is 2.94. The molecule has 15 heavy (non-hydrogen) atoms. The van der Waals surface area contributed by atoms with E-state index < -0.39 is 0 Å². The zero-order chi connectivity index (χ0) is 11.5. The van der Waals surface area contributed by atoms with Gasteiger partial charge in [-0.05, 0) is 25.2 Å². The number of nitrogens with zero attached hydrogens (tertiary/aromatic N) is 1. The van der Waals surface area contributed by atoms with Gasteiger partial charge in [-0.2, -0.15) is 0 Å². The normalized spacial score (nSPS) is 19.3. The standard InChI is InChI=1S/C12H23NO2/c1-4-12(2,3)11(15)13-7-5-10(9-14)6-8-13/h10,14H,4-9H2,1-3H3. The summed E-state index contributed by atoms with van der Waals surface area (Å²) in [4.78, 5) is 14.1. The first-order chi connectivity index (χ1) is 7.01. The first-order valence-electron chi connectivity index (χ1n) is 5.91. The molecule has 0 saturated carbocycles. The number of hydrogen-bond donors (Lipinski definition) is 1. The predicted molar refractivity (Wildman–Crippen MR) is 60.5 cm³/mol. The van der Waals surface area contributed by atoms with Gasteiger partial charge in [-0.25, -0.2) is 0 Å². The van der Waals surface area contributed by atoms with Crippen LogP contribution in [0.4, 0.5) is 0 Å². The Bertz CT molecular complexity index is 218. The van der Waals surface area contributed by atoms with Crippen molar-refractivity contribution in [1.29, 1.82) is 0 Å². The minimum absolute atomic E-state index is 0.230. The van der Waals surface area contributed by atoms with Gasteiger partial charge in [0.15, 0.2) is 0 Å². The van der Waals surface area contributed by atoms with Crippen LogP contribution in [0.15, 0.2) is 0 Å². The fourth-order valence-electron chi connectivity index (χ4n) is 1.90. The third-order valence-corrected chi connectivity index (χ3v) is 3.62. The van der Waals surface area contributed by atoms with Crippen LogP contribution in [0.5, 0.6) is 0 Å². The van der Waals surface area contributed by atoms with Crippen molar-refractivity contribution in [2.45, 2.75) is 40.0 Å². The number of aliphatic hydroxyl groups excluding tert-OH is 1. The van der Waals surface area contributed by atoms with Crippen LogP contribution in [-0.2, 0) is 4.79 Å². The molecular formula is C12H23NO2. The maximum atomic E-state index is 12.1. The molecule has 3 nitrogen and oxygen atoms in total. The molecule has 0 aromatic heterocycles. The van der Waals surface area contributed by atoms with Gasteiger partial charge in [0.25, 0.3) is 0 Å². The molecule has 1 aliphatic heterocycles. The SMILES string of the molecule is CCC(C)(C)C(=O)N1CCC(CO)CC1. The molecule has 1 rings (SSSR count). The fraction of sp³-hybridized carbons (Fsp3) is 0.917. The number of piperidine rings is 1. The Kier molecular flexibility index (Phi) is 4.14. The molecule has 1 saturated heterocycles. The summed E-state index contributed by atoms with van der Waals surface area (Å²) in [6.07, 6.45) is 2.77. The minimum Gasteiger partial charge on any atom is -0.396 e. The Morgan fingerprint density at radius 2 is 1.93 bits per heavy atom. The Morgan fingerprint density at radius 1 is 1.40 bits per heavy atom. The van der Waals surface area contributed by atoms with E-state index in [0.717, 1.165) is 32.4 Å². The number of carbonyl (C=O) groups is 1. The van der Waals surface area contributed by atoms with E-state index in [1.807, 2.05) is 18.7 Å². The molecule has 1 fully saturated rings. The number of aliphatic hydroxyl groups is 1. The molecule has 0 aromatic rings. The predicted octanol–water partition coefficient (Wildman–Crippen LogP) is 1.65. The first-order valence-corrected chi connectivity index (χ1v) is 5.91. The van der Waals surface area contributed by atoms with Gasteiger partial charge in [0.05, 0.1) is 0 Å². The molecular weight excluding hydrogens is 190 g/mol. The van der Waals surface area contributed by atoms with Crippen LogP contribution >= 0.6 is 0 Å². The summed E-state index contributed by atoms with van der Waals surface area (Å²) in [7, 11) is 0. The van der Waals surface area contributed by atoms with Crippen molar-refractivity contribution in [3.05, 3.63) is 0 Å². The summed E-state index contributed by atoms with van der Waals surface area (Å²) in [5.74, 6) is 0.667. The van der Waals surface area contributed by atoms with Crippen LogP contribution < -0.4 is 0 Å². The van der Waals surface area contributed by atoms with Gasteiger partial charge in [0, 0.05) is 25.1 Å². The van der Waals surface area contributed by atoms with Gasteiger partial charge in [-0.3, -0.25) is 4.79 Å². The van der Waals surface area contributed by atoms with Crippen molar-refractivity contribution >= 4 is 5.91 Å². The lowest BCUT2D eigenvalue weighted by molar-refractivity contribution is -0.142. The zero-order valence-electron chi connectivity index (χ0n) is 10.1. The highest BCUT2D eigenvalue weighted by Gasteiger charge is 2.32. The van der Waals surface area contributed by atoms with Crippen LogP contribution in [0.25, 0.3) is 0 Å². The maximum Gasteiger partial charge on any atom is 0.228 e. The van der Waals surface area contributed by atoms with Gasteiger partial charge in [0.1, 0.15) is 0 Å². The van der Waals surface area contributed by atoms with E-state index in [4.69, 9.17) is 5.11 Å². The summed E-state index contributed by atoms with van der Waals surface area (Å²) in [5, 5.41) is 9.02. The zero-order valence-corrected chi connectivity index (χ0v) is 10.1. The number of likely N-dealkylation sites (tertiary alicyclic amines) is 1.